The van der Waals surface area contributed by atoms with Gasteiger partial charge in [0.2, 0.25) is 0 Å². The molecule has 6 nitrogen and oxygen atoms in total. The zero-order valence-electron chi connectivity index (χ0n) is 10.3. The van der Waals surface area contributed by atoms with Crippen LogP contribution in [0.1, 0.15) is 10.4 Å². The number of hydrogen-bond acceptors (Lipinski definition) is 5. The minimum Gasteiger partial charge on any atom is -0.478 e. The largest absolute Gasteiger partial charge is 0.478 e. The number of nitrogens with zero attached hydrogens (tertiary/aromatic N) is 2. The molecule has 0 amide bonds. The summed E-state index contributed by atoms with van der Waals surface area (Å²) in [5.74, 6) is -0.540. The van der Waals surface area contributed by atoms with Gasteiger partial charge < -0.3 is 14.9 Å². The maximum Gasteiger partial charge on any atom is 0.336 e. The van der Waals surface area contributed by atoms with Crippen LogP contribution in [-0.4, -0.2) is 32.9 Å². The van der Waals surface area contributed by atoms with Crippen LogP contribution in [0.4, 0.5) is 0 Å². The summed E-state index contributed by atoms with van der Waals surface area (Å²) < 4.78 is 5.12. The highest BCUT2D eigenvalue weighted by molar-refractivity contribution is 6.11. The quantitative estimate of drug-likeness (QED) is 0.557. The number of benzene rings is 1. The van der Waals surface area contributed by atoms with Crippen molar-refractivity contribution < 1.29 is 19.7 Å². The van der Waals surface area contributed by atoms with Crippen LogP contribution in [0.15, 0.2) is 36.7 Å². The van der Waals surface area contributed by atoms with Gasteiger partial charge in [-0.05, 0) is 18.2 Å². The topological polar surface area (TPSA) is 92.5 Å². The van der Waals surface area contributed by atoms with Crippen molar-refractivity contribution in [3.63, 3.8) is 0 Å². The first-order chi connectivity index (χ1) is 9.72. The number of rotatable bonds is 3. The molecule has 3 aromatic rings. The van der Waals surface area contributed by atoms with Gasteiger partial charge in [-0.3, -0.25) is 9.97 Å². The van der Waals surface area contributed by atoms with Crippen LogP contribution in [-0.2, 0) is 0 Å². The van der Waals surface area contributed by atoms with Crippen molar-refractivity contribution in [1.82, 2.24) is 9.97 Å². The second kappa shape index (κ2) is 4.75. The number of aliphatic hydroxyl groups excluding tert-OH is 1. The van der Waals surface area contributed by atoms with E-state index in [0.717, 1.165) is 0 Å². The van der Waals surface area contributed by atoms with Gasteiger partial charge in [0.1, 0.15) is 11.3 Å². The fourth-order valence-corrected chi connectivity index (χ4v) is 2.18. The molecule has 2 aromatic heterocycles. The van der Waals surface area contributed by atoms with Gasteiger partial charge in [0.15, 0.2) is 6.79 Å². The molecule has 20 heavy (non-hydrogen) atoms. The van der Waals surface area contributed by atoms with E-state index in [1.54, 1.807) is 18.2 Å². The standard InChI is InChI=1S/C14H10N2O4/c17-7-20-11-4-6-16-13-10(11)2-1-8-9(14(18)19)3-5-15-12(8)13/h1-6,17H,7H2,(H,18,19). The van der Waals surface area contributed by atoms with E-state index >= 15 is 0 Å². The Morgan fingerprint density at radius 2 is 1.70 bits per heavy atom. The van der Waals surface area contributed by atoms with Crippen molar-refractivity contribution in [3.05, 3.63) is 42.2 Å². The van der Waals surface area contributed by atoms with E-state index in [-0.39, 0.29) is 5.56 Å². The van der Waals surface area contributed by atoms with Gasteiger partial charge in [-0.1, -0.05) is 6.07 Å². The van der Waals surface area contributed by atoms with Gasteiger partial charge >= 0.3 is 5.97 Å². The minimum absolute atomic E-state index is 0.173. The number of aromatic nitrogens is 2. The molecule has 0 unspecified atom stereocenters. The summed E-state index contributed by atoms with van der Waals surface area (Å²) >= 11 is 0. The van der Waals surface area contributed by atoms with Crippen molar-refractivity contribution in [2.45, 2.75) is 0 Å². The zero-order valence-corrected chi connectivity index (χ0v) is 10.3. The van der Waals surface area contributed by atoms with Crippen LogP contribution < -0.4 is 4.74 Å². The molecule has 0 spiro atoms. The van der Waals surface area contributed by atoms with Crippen molar-refractivity contribution >= 4 is 27.8 Å². The van der Waals surface area contributed by atoms with Crippen LogP contribution in [0.2, 0.25) is 0 Å². The number of carboxylic acids is 1. The molecule has 3 rings (SSSR count). The van der Waals surface area contributed by atoms with Gasteiger partial charge in [0.25, 0.3) is 0 Å². The maximum atomic E-state index is 11.2. The van der Waals surface area contributed by atoms with E-state index < -0.39 is 12.8 Å². The Kier molecular flexibility index (Phi) is 2.92. The highest BCUT2D eigenvalue weighted by Gasteiger charge is 2.13. The summed E-state index contributed by atoms with van der Waals surface area (Å²) in [7, 11) is 0. The predicted octanol–water partition coefficient (Wildman–Crippen LogP) is 1.81. The molecule has 100 valence electrons. The molecule has 0 bridgehead atoms. The smallest absolute Gasteiger partial charge is 0.336 e. The Hall–Kier alpha value is -2.73. The number of carbonyl (C=O) groups is 1. The summed E-state index contributed by atoms with van der Waals surface area (Å²) in [6, 6.07) is 6.46. The number of hydrogen-bond donors (Lipinski definition) is 2. The highest BCUT2D eigenvalue weighted by Crippen LogP contribution is 2.30. The van der Waals surface area contributed by atoms with E-state index in [0.29, 0.717) is 27.6 Å². The third-order valence-electron chi connectivity index (χ3n) is 3.03. The second-order valence-electron chi connectivity index (χ2n) is 4.10. The van der Waals surface area contributed by atoms with E-state index in [4.69, 9.17) is 9.84 Å². The van der Waals surface area contributed by atoms with Gasteiger partial charge in [0.05, 0.1) is 11.1 Å². The van der Waals surface area contributed by atoms with Crippen molar-refractivity contribution in [1.29, 1.82) is 0 Å². The molecule has 0 saturated carbocycles. The van der Waals surface area contributed by atoms with Gasteiger partial charge in [-0.2, -0.15) is 0 Å². The normalized spacial score (nSPS) is 10.8. The monoisotopic (exact) mass is 270 g/mol. The minimum atomic E-state index is -1.01. The number of ether oxygens (including phenoxy) is 1. The Labute approximate surface area is 113 Å². The Morgan fingerprint density at radius 1 is 1.05 bits per heavy atom. The first kappa shape index (κ1) is 12.3. The Balaban J connectivity index is 2.40. The van der Waals surface area contributed by atoms with Gasteiger partial charge in [-0.25, -0.2) is 4.79 Å². The SMILES string of the molecule is O=C(O)c1ccnc2c1ccc1c(OCO)ccnc12. The average molecular weight is 270 g/mol. The lowest BCUT2D eigenvalue weighted by molar-refractivity contribution is 0.0699. The second-order valence-corrected chi connectivity index (χ2v) is 4.10. The summed E-state index contributed by atoms with van der Waals surface area (Å²) in [5, 5.41) is 19.2. The fraction of sp³-hybridized carbons (Fsp3) is 0.0714. The van der Waals surface area contributed by atoms with E-state index in [1.165, 1.54) is 18.5 Å². The lowest BCUT2D eigenvalue weighted by Gasteiger charge is -2.08. The molecular formula is C14H10N2O4. The zero-order chi connectivity index (χ0) is 14.1. The first-order valence-electron chi connectivity index (χ1n) is 5.86. The highest BCUT2D eigenvalue weighted by atomic mass is 16.6. The molecule has 0 fully saturated rings. The van der Waals surface area contributed by atoms with Crippen LogP contribution >= 0.6 is 0 Å². The van der Waals surface area contributed by atoms with Gasteiger partial charge in [0, 0.05) is 23.2 Å². The Morgan fingerprint density at radius 3 is 2.40 bits per heavy atom. The number of aliphatic hydroxyl groups is 1. The summed E-state index contributed by atoms with van der Waals surface area (Å²) in [4.78, 5) is 19.7. The molecule has 0 aliphatic rings. The number of fused-ring (bicyclic) bond motifs is 3. The van der Waals surface area contributed by atoms with Crippen LogP contribution in [0, 0.1) is 0 Å². The summed E-state index contributed by atoms with van der Waals surface area (Å²) in [6.07, 6.45) is 2.97. The Bertz CT molecular complexity index is 817. The number of pyridine rings is 2. The molecule has 6 heteroatoms. The molecule has 0 atom stereocenters. The third kappa shape index (κ3) is 1.83. The number of carboxylic acid groups (broad SMARTS) is 1. The maximum absolute atomic E-state index is 11.2. The lowest BCUT2D eigenvalue weighted by atomic mass is 10.1. The first-order valence-corrected chi connectivity index (χ1v) is 5.86. The fourth-order valence-electron chi connectivity index (χ4n) is 2.18. The molecule has 2 N–H and O–H groups in total. The van der Waals surface area contributed by atoms with Crippen molar-refractivity contribution in [3.8, 4) is 5.75 Å². The van der Waals surface area contributed by atoms with Crippen LogP contribution in [0.25, 0.3) is 21.8 Å². The summed E-state index contributed by atoms with van der Waals surface area (Å²) in [6.45, 7) is -0.445. The average Bonchev–Trinajstić information content (AvgIpc) is 2.47. The lowest BCUT2D eigenvalue weighted by Crippen LogP contribution is -2.00. The van der Waals surface area contributed by atoms with Crippen LogP contribution in [0.3, 0.4) is 0 Å². The molecule has 0 radical (unpaired) electrons. The summed E-state index contributed by atoms with van der Waals surface area (Å²) in [5.41, 5.74) is 1.20. The third-order valence-corrected chi connectivity index (χ3v) is 3.03. The van der Waals surface area contributed by atoms with E-state index in [9.17, 15) is 9.90 Å². The molecule has 0 aliphatic heterocycles. The molecule has 0 aliphatic carbocycles. The van der Waals surface area contributed by atoms with E-state index in [1.807, 2.05) is 0 Å². The molecule has 1 aromatic carbocycles. The molecule has 0 saturated heterocycles. The number of aromatic carboxylic acids is 1. The van der Waals surface area contributed by atoms with Gasteiger partial charge in [-0.15, -0.1) is 0 Å². The van der Waals surface area contributed by atoms with Crippen molar-refractivity contribution in [2.24, 2.45) is 0 Å². The van der Waals surface area contributed by atoms with Crippen LogP contribution in [0.5, 0.6) is 5.75 Å². The van der Waals surface area contributed by atoms with E-state index in [2.05, 4.69) is 9.97 Å². The molecular weight excluding hydrogens is 260 g/mol. The molecule has 2 heterocycles. The predicted molar refractivity (Wildman–Crippen MR) is 71.7 cm³/mol. The van der Waals surface area contributed by atoms with Crippen molar-refractivity contribution in [2.75, 3.05) is 6.79 Å².